The van der Waals surface area contributed by atoms with Crippen molar-refractivity contribution >= 4 is 39.9 Å². The van der Waals surface area contributed by atoms with Gasteiger partial charge in [-0.05, 0) is 65.6 Å². The summed E-state index contributed by atoms with van der Waals surface area (Å²) in [6, 6.07) is 18.5. The first kappa shape index (κ1) is 24.5. The van der Waals surface area contributed by atoms with Gasteiger partial charge >= 0.3 is 5.97 Å². The van der Waals surface area contributed by atoms with Crippen LogP contribution in [-0.4, -0.2) is 46.5 Å². The standard InChI is InChI=1S/C28H22ClN7O3/c29-20-8-11-25(35-16-30-33-34-35)21(14-20)19-7-10-26(36(39)15-19)22(12-17-4-2-1-3-5-17)27-31-23-9-6-18(28(37)38)13-24(23)32-27/h1-7,9-10,13-16,22H,8,11-12H2,(H2-,31,32,37,38,39)/p+1. The summed E-state index contributed by atoms with van der Waals surface area (Å²) in [4.78, 5) is 19.5. The summed E-state index contributed by atoms with van der Waals surface area (Å²) in [5.41, 5.74) is 5.54. The molecule has 0 bridgehead atoms. The van der Waals surface area contributed by atoms with Crippen molar-refractivity contribution in [3.05, 3.63) is 113 Å². The van der Waals surface area contributed by atoms with Gasteiger partial charge in [-0.15, -0.1) is 5.10 Å². The highest BCUT2D eigenvalue weighted by atomic mass is 35.5. The molecule has 1 aliphatic rings. The molecule has 0 saturated heterocycles. The molecular formula is C28H23ClN7O3+. The number of pyridine rings is 1. The molecule has 0 saturated carbocycles. The Morgan fingerprint density at radius 3 is 2.72 bits per heavy atom. The Morgan fingerprint density at radius 1 is 1.13 bits per heavy atom. The van der Waals surface area contributed by atoms with Crippen LogP contribution in [-0.2, 0) is 6.42 Å². The van der Waals surface area contributed by atoms with Crippen LogP contribution < -0.4 is 4.73 Å². The molecule has 1 aliphatic carbocycles. The maximum absolute atomic E-state index is 11.5. The van der Waals surface area contributed by atoms with Gasteiger partial charge < -0.3 is 10.1 Å². The third kappa shape index (κ3) is 4.89. The van der Waals surface area contributed by atoms with Crippen LogP contribution in [0.15, 0.2) is 84.3 Å². The predicted molar refractivity (Wildman–Crippen MR) is 143 cm³/mol. The smallest absolute Gasteiger partial charge is 0.335 e. The van der Waals surface area contributed by atoms with Crippen LogP contribution in [0, 0.1) is 0 Å². The lowest BCUT2D eigenvalue weighted by Gasteiger charge is -2.17. The van der Waals surface area contributed by atoms with E-state index in [9.17, 15) is 15.1 Å². The second-order valence-electron chi connectivity index (χ2n) is 9.29. The number of aromatic amines is 1. The van der Waals surface area contributed by atoms with Crippen LogP contribution in [0.3, 0.4) is 0 Å². The van der Waals surface area contributed by atoms with Gasteiger partial charge in [0.15, 0.2) is 0 Å². The van der Waals surface area contributed by atoms with Gasteiger partial charge in [0.05, 0.1) is 27.9 Å². The van der Waals surface area contributed by atoms with E-state index in [1.54, 1.807) is 23.0 Å². The summed E-state index contributed by atoms with van der Waals surface area (Å²) in [7, 11) is 0. The number of allylic oxidation sites excluding steroid dienone is 4. The highest BCUT2D eigenvalue weighted by Gasteiger charge is 2.30. The fourth-order valence-electron chi connectivity index (χ4n) is 4.91. The summed E-state index contributed by atoms with van der Waals surface area (Å²) in [6.45, 7) is 0. The molecule has 3 aromatic heterocycles. The fourth-order valence-corrected chi connectivity index (χ4v) is 5.12. The molecule has 3 heterocycles. The predicted octanol–water partition coefficient (Wildman–Crippen LogP) is 4.43. The number of nitrogens with zero attached hydrogens (tertiary/aromatic N) is 6. The van der Waals surface area contributed by atoms with Crippen molar-refractivity contribution in [3.63, 3.8) is 0 Å². The lowest BCUT2D eigenvalue weighted by molar-refractivity contribution is -0.910. The molecule has 10 nitrogen and oxygen atoms in total. The number of aromatic nitrogens is 7. The van der Waals surface area contributed by atoms with E-state index in [-0.39, 0.29) is 11.5 Å². The van der Waals surface area contributed by atoms with Gasteiger partial charge in [0, 0.05) is 21.4 Å². The third-order valence-electron chi connectivity index (χ3n) is 6.83. The number of halogens is 1. The number of carboxylic acid groups (broad SMARTS) is 1. The zero-order valence-electron chi connectivity index (χ0n) is 20.6. The monoisotopic (exact) mass is 540 g/mol. The van der Waals surface area contributed by atoms with E-state index in [1.165, 1.54) is 12.4 Å². The number of fused-ring (bicyclic) bond motifs is 1. The lowest BCUT2D eigenvalue weighted by Crippen LogP contribution is -2.38. The van der Waals surface area contributed by atoms with Crippen molar-refractivity contribution in [2.75, 3.05) is 0 Å². The molecule has 0 fully saturated rings. The van der Waals surface area contributed by atoms with Crippen LogP contribution in [0.1, 0.15) is 51.8 Å². The minimum absolute atomic E-state index is 0.171. The number of rotatable bonds is 7. The number of carboxylic acids is 1. The molecule has 194 valence electrons. The molecule has 6 rings (SSSR count). The Kier molecular flexibility index (Phi) is 6.37. The van der Waals surface area contributed by atoms with Crippen LogP contribution in [0.4, 0.5) is 0 Å². The molecule has 3 N–H and O–H groups in total. The van der Waals surface area contributed by atoms with Gasteiger partial charge in [-0.1, -0.05) is 41.9 Å². The SMILES string of the molecule is O=C(O)c1ccc2nc(C(Cc3ccccc3)c3ccc(C4=C(n5cnnn5)CCC(Cl)=C4)c[n+]3O)[nH]c2c1. The lowest BCUT2D eigenvalue weighted by atomic mass is 9.93. The number of hydrogen-bond acceptors (Lipinski definition) is 6. The quantitative estimate of drug-likeness (QED) is 0.205. The number of tetrazole rings is 1. The Hall–Kier alpha value is -4.83. The number of imidazole rings is 1. The van der Waals surface area contributed by atoms with E-state index < -0.39 is 5.97 Å². The molecule has 1 unspecified atom stereocenters. The highest BCUT2D eigenvalue weighted by molar-refractivity contribution is 6.30. The summed E-state index contributed by atoms with van der Waals surface area (Å²) in [6.07, 6.45) is 6.93. The minimum Gasteiger partial charge on any atom is -0.478 e. The van der Waals surface area contributed by atoms with Gasteiger partial charge in [0.2, 0.25) is 11.9 Å². The number of H-pyrrole nitrogens is 1. The van der Waals surface area contributed by atoms with Crippen LogP contribution in [0.5, 0.6) is 0 Å². The van der Waals surface area contributed by atoms with Crippen molar-refractivity contribution in [1.29, 1.82) is 0 Å². The molecule has 0 amide bonds. The maximum atomic E-state index is 11.5. The van der Waals surface area contributed by atoms with Gasteiger partial charge in [-0.2, -0.15) is 0 Å². The van der Waals surface area contributed by atoms with Crippen molar-refractivity contribution in [2.24, 2.45) is 0 Å². The van der Waals surface area contributed by atoms with E-state index in [0.29, 0.717) is 46.8 Å². The Balaban J connectivity index is 1.44. The fraction of sp³-hybridized carbons (Fsp3) is 0.143. The average Bonchev–Trinajstić information content (AvgIpc) is 3.62. The highest BCUT2D eigenvalue weighted by Crippen LogP contribution is 2.35. The first-order chi connectivity index (χ1) is 19.0. The van der Waals surface area contributed by atoms with Crippen molar-refractivity contribution in [2.45, 2.75) is 25.2 Å². The first-order valence-electron chi connectivity index (χ1n) is 12.3. The number of benzene rings is 2. The summed E-state index contributed by atoms with van der Waals surface area (Å²) < 4.78 is 2.72. The summed E-state index contributed by atoms with van der Waals surface area (Å²) in [5.74, 6) is -0.753. The molecule has 1 atom stereocenters. The van der Waals surface area contributed by atoms with E-state index in [0.717, 1.165) is 27.1 Å². The molecule has 11 heteroatoms. The van der Waals surface area contributed by atoms with Gasteiger partial charge in [0.1, 0.15) is 18.1 Å². The Bertz CT molecular complexity index is 1740. The zero-order valence-corrected chi connectivity index (χ0v) is 21.3. The summed E-state index contributed by atoms with van der Waals surface area (Å²) in [5, 5.41) is 32.9. The van der Waals surface area contributed by atoms with E-state index in [4.69, 9.17) is 16.6 Å². The maximum Gasteiger partial charge on any atom is 0.335 e. The molecule has 0 aliphatic heterocycles. The molecular weight excluding hydrogens is 518 g/mol. The second-order valence-corrected chi connectivity index (χ2v) is 9.78. The topological polar surface area (TPSA) is 134 Å². The van der Waals surface area contributed by atoms with Crippen LogP contribution in [0.2, 0.25) is 0 Å². The number of hydrogen-bond donors (Lipinski definition) is 3. The first-order valence-corrected chi connectivity index (χ1v) is 12.7. The molecule has 0 radical (unpaired) electrons. The number of aromatic carboxylic acids is 1. The summed E-state index contributed by atoms with van der Waals surface area (Å²) >= 11 is 6.40. The van der Waals surface area contributed by atoms with E-state index in [1.807, 2.05) is 48.5 Å². The molecule has 0 spiro atoms. The average molecular weight is 541 g/mol. The van der Waals surface area contributed by atoms with Gasteiger partial charge in [-0.25, -0.2) is 14.5 Å². The Morgan fingerprint density at radius 2 is 1.97 bits per heavy atom. The van der Waals surface area contributed by atoms with E-state index in [2.05, 4.69) is 20.5 Å². The third-order valence-corrected chi connectivity index (χ3v) is 7.12. The Labute approximate surface area is 227 Å². The largest absolute Gasteiger partial charge is 0.478 e. The second kappa shape index (κ2) is 10.1. The zero-order chi connectivity index (χ0) is 26.9. The number of carbonyl (C=O) groups is 1. The van der Waals surface area contributed by atoms with Crippen LogP contribution in [0.25, 0.3) is 22.3 Å². The van der Waals surface area contributed by atoms with Crippen molar-refractivity contribution < 1.29 is 19.8 Å². The van der Waals surface area contributed by atoms with E-state index >= 15 is 0 Å². The number of nitrogens with one attached hydrogen (secondary N) is 1. The molecule has 2 aromatic carbocycles. The molecule has 5 aromatic rings. The van der Waals surface area contributed by atoms with Crippen molar-refractivity contribution in [3.8, 4) is 0 Å². The van der Waals surface area contributed by atoms with Crippen molar-refractivity contribution in [1.82, 2.24) is 30.2 Å². The van der Waals surface area contributed by atoms with Gasteiger partial charge in [-0.3, -0.25) is 5.21 Å². The molecule has 39 heavy (non-hydrogen) atoms. The van der Waals surface area contributed by atoms with Gasteiger partial charge in [0.25, 0.3) is 0 Å². The normalized spacial score (nSPS) is 14.4. The van der Waals surface area contributed by atoms with Crippen LogP contribution >= 0.6 is 11.6 Å². The minimum atomic E-state index is -1.01.